The molecule has 0 aliphatic carbocycles. The normalized spacial score (nSPS) is 12.4. The second-order valence-electron chi connectivity index (χ2n) is 5.33. The van der Waals surface area contributed by atoms with Gasteiger partial charge in [0, 0.05) is 18.2 Å². The Morgan fingerprint density at radius 3 is 2.70 bits per heavy atom. The highest BCUT2D eigenvalue weighted by Crippen LogP contribution is 2.22. The second kappa shape index (κ2) is 6.53. The fourth-order valence-corrected chi connectivity index (χ4v) is 2.13. The van der Waals surface area contributed by atoms with E-state index in [1.165, 1.54) is 5.56 Å². The number of aliphatic hydroxyl groups is 1. The first kappa shape index (κ1) is 14.5. The summed E-state index contributed by atoms with van der Waals surface area (Å²) in [7, 11) is 0. The Bertz CT molecular complexity index is 566. The number of hydrogen-bond acceptors (Lipinski definition) is 3. The predicted octanol–water partition coefficient (Wildman–Crippen LogP) is 3.45. The molecule has 1 aromatic carbocycles. The van der Waals surface area contributed by atoms with Gasteiger partial charge in [-0.2, -0.15) is 0 Å². The lowest BCUT2D eigenvalue weighted by molar-refractivity contribution is 0.176. The number of nitrogens with zero attached hydrogens (tertiary/aromatic N) is 1. The number of aryl methyl sites for hydroxylation is 1. The Labute approximate surface area is 120 Å². The van der Waals surface area contributed by atoms with E-state index in [0.29, 0.717) is 12.2 Å². The molecule has 0 saturated heterocycles. The number of pyridine rings is 1. The monoisotopic (exact) mass is 271 g/mol. The average Bonchev–Trinajstić information content (AvgIpc) is 2.38. The molecule has 3 nitrogen and oxygen atoms in total. The molecule has 1 aromatic heterocycles. The quantitative estimate of drug-likeness (QED) is 0.905. The summed E-state index contributed by atoms with van der Waals surface area (Å²) in [6.07, 6.45) is 3.46. The van der Waals surface area contributed by atoms with Gasteiger partial charge in [0.2, 0.25) is 0 Å². The SMILES string of the molecule is Cc1cccc(CC(O)c2cncc(OC(C)C)c2)c1. The van der Waals surface area contributed by atoms with Crippen molar-refractivity contribution in [1.29, 1.82) is 0 Å². The number of aromatic nitrogens is 1. The maximum atomic E-state index is 10.3. The number of ether oxygens (including phenoxy) is 1. The maximum absolute atomic E-state index is 10.3. The molecule has 2 aromatic rings. The molecule has 0 saturated carbocycles. The summed E-state index contributed by atoms with van der Waals surface area (Å²) in [5.41, 5.74) is 3.10. The van der Waals surface area contributed by atoms with Crippen LogP contribution in [-0.4, -0.2) is 16.2 Å². The third kappa shape index (κ3) is 4.07. The van der Waals surface area contributed by atoms with Gasteiger partial charge in [0.15, 0.2) is 0 Å². The van der Waals surface area contributed by atoms with Gasteiger partial charge in [-0.3, -0.25) is 4.98 Å². The molecule has 3 heteroatoms. The van der Waals surface area contributed by atoms with Crippen molar-refractivity contribution in [2.75, 3.05) is 0 Å². The van der Waals surface area contributed by atoms with Crippen LogP contribution in [0.5, 0.6) is 5.75 Å². The van der Waals surface area contributed by atoms with Crippen LogP contribution in [0.25, 0.3) is 0 Å². The molecule has 1 N–H and O–H groups in total. The molecular weight excluding hydrogens is 250 g/mol. The van der Waals surface area contributed by atoms with Crippen LogP contribution in [-0.2, 0) is 6.42 Å². The van der Waals surface area contributed by atoms with E-state index in [9.17, 15) is 5.11 Å². The van der Waals surface area contributed by atoms with E-state index in [1.807, 2.05) is 32.0 Å². The highest BCUT2D eigenvalue weighted by molar-refractivity contribution is 5.28. The molecule has 106 valence electrons. The first-order valence-electron chi connectivity index (χ1n) is 6.90. The van der Waals surface area contributed by atoms with Crippen LogP contribution < -0.4 is 4.74 Å². The molecule has 2 rings (SSSR count). The minimum Gasteiger partial charge on any atom is -0.489 e. The van der Waals surface area contributed by atoms with E-state index in [4.69, 9.17) is 4.74 Å². The Morgan fingerprint density at radius 2 is 2.00 bits per heavy atom. The summed E-state index contributed by atoms with van der Waals surface area (Å²) in [5, 5.41) is 10.3. The largest absolute Gasteiger partial charge is 0.489 e. The van der Waals surface area contributed by atoms with Crippen molar-refractivity contribution < 1.29 is 9.84 Å². The molecule has 1 unspecified atom stereocenters. The van der Waals surface area contributed by atoms with Crippen molar-refractivity contribution in [3.05, 3.63) is 59.4 Å². The van der Waals surface area contributed by atoms with E-state index < -0.39 is 6.10 Å². The van der Waals surface area contributed by atoms with Crippen LogP contribution in [0.4, 0.5) is 0 Å². The van der Waals surface area contributed by atoms with E-state index in [0.717, 1.165) is 11.1 Å². The number of rotatable bonds is 5. The molecule has 0 amide bonds. The summed E-state index contributed by atoms with van der Waals surface area (Å²) in [4.78, 5) is 4.13. The zero-order chi connectivity index (χ0) is 14.5. The standard InChI is InChI=1S/C17H21NO2/c1-12(2)20-16-9-15(10-18-11-16)17(19)8-14-6-4-5-13(3)7-14/h4-7,9-12,17,19H,8H2,1-3H3. The fraction of sp³-hybridized carbons (Fsp3) is 0.353. The number of aliphatic hydroxyl groups excluding tert-OH is 1. The maximum Gasteiger partial charge on any atom is 0.138 e. The summed E-state index contributed by atoms with van der Waals surface area (Å²) in [6, 6.07) is 10.0. The molecule has 1 heterocycles. The molecule has 0 aliphatic rings. The average molecular weight is 271 g/mol. The van der Waals surface area contributed by atoms with Gasteiger partial charge < -0.3 is 9.84 Å². The van der Waals surface area contributed by atoms with Crippen molar-refractivity contribution in [2.45, 2.75) is 39.4 Å². The molecule has 0 bridgehead atoms. The fourth-order valence-electron chi connectivity index (χ4n) is 2.13. The van der Waals surface area contributed by atoms with Crippen molar-refractivity contribution in [1.82, 2.24) is 4.98 Å². The Hall–Kier alpha value is -1.87. The van der Waals surface area contributed by atoms with Crippen LogP contribution in [0.1, 0.15) is 36.6 Å². The minimum atomic E-state index is -0.569. The predicted molar refractivity (Wildman–Crippen MR) is 79.8 cm³/mol. The Kier molecular flexibility index (Phi) is 4.74. The van der Waals surface area contributed by atoms with Gasteiger partial charge in [0.1, 0.15) is 5.75 Å². The highest BCUT2D eigenvalue weighted by Gasteiger charge is 2.11. The first-order chi connectivity index (χ1) is 9.54. The van der Waals surface area contributed by atoms with Crippen LogP contribution >= 0.6 is 0 Å². The highest BCUT2D eigenvalue weighted by atomic mass is 16.5. The van der Waals surface area contributed by atoms with Crippen molar-refractivity contribution in [3.8, 4) is 5.75 Å². The Morgan fingerprint density at radius 1 is 1.20 bits per heavy atom. The molecule has 1 atom stereocenters. The van der Waals surface area contributed by atoms with Gasteiger partial charge in [-0.1, -0.05) is 29.8 Å². The molecule has 20 heavy (non-hydrogen) atoms. The Balaban J connectivity index is 2.10. The third-order valence-electron chi connectivity index (χ3n) is 3.00. The number of benzene rings is 1. The topological polar surface area (TPSA) is 42.4 Å². The lowest BCUT2D eigenvalue weighted by Gasteiger charge is -2.14. The van der Waals surface area contributed by atoms with Crippen LogP contribution in [0.3, 0.4) is 0 Å². The molecular formula is C17H21NO2. The lowest BCUT2D eigenvalue weighted by Crippen LogP contribution is -2.07. The van der Waals surface area contributed by atoms with E-state index in [1.54, 1.807) is 12.4 Å². The van der Waals surface area contributed by atoms with Crippen LogP contribution in [0.15, 0.2) is 42.7 Å². The van der Waals surface area contributed by atoms with Crippen LogP contribution in [0, 0.1) is 6.92 Å². The van der Waals surface area contributed by atoms with Gasteiger partial charge >= 0.3 is 0 Å². The van der Waals surface area contributed by atoms with E-state index in [2.05, 4.69) is 24.0 Å². The second-order valence-corrected chi connectivity index (χ2v) is 5.33. The summed E-state index contributed by atoms with van der Waals surface area (Å²) < 4.78 is 5.60. The van der Waals surface area contributed by atoms with Crippen molar-refractivity contribution in [2.24, 2.45) is 0 Å². The smallest absolute Gasteiger partial charge is 0.138 e. The number of hydrogen-bond donors (Lipinski definition) is 1. The zero-order valence-corrected chi connectivity index (χ0v) is 12.2. The van der Waals surface area contributed by atoms with Gasteiger partial charge in [-0.05, 0) is 32.4 Å². The summed E-state index contributed by atoms with van der Waals surface area (Å²) in [6.45, 7) is 5.99. The third-order valence-corrected chi connectivity index (χ3v) is 3.00. The summed E-state index contributed by atoms with van der Waals surface area (Å²) in [5.74, 6) is 0.695. The van der Waals surface area contributed by atoms with Crippen LogP contribution in [0.2, 0.25) is 0 Å². The summed E-state index contributed by atoms with van der Waals surface area (Å²) >= 11 is 0. The van der Waals surface area contributed by atoms with Gasteiger partial charge in [0.05, 0.1) is 18.4 Å². The zero-order valence-electron chi connectivity index (χ0n) is 12.2. The van der Waals surface area contributed by atoms with E-state index in [-0.39, 0.29) is 6.10 Å². The van der Waals surface area contributed by atoms with Crippen molar-refractivity contribution in [3.63, 3.8) is 0 Å². The molecule has 0 aliphatic heterocycles. The van der Waals surface area contributed by atoms with Gasteiger partial charge in [-0.25, -0.2) is 0 Å². The minimum absolute atomic E-state index is 0.0981. The van der Waals surface area contributed by atoms with Gasteiger partial charge in [0.25, 0.3) is 0 Å². The van der Waals surface area contributed by atoms with Crippen molar-refractivity contribution >= 4 is 0 Å². The molecule has 0 spiro atoms. The molecule has 0 fully saturated rings. The lowest BCUT2D eigenvalue weighted by atomic mass is 10.0. The first-order valence-corrected chi connectivity index (χ1v) is 6.90. The molecule has 0 radical (unpaired) electrons. The van der Waals surface area contributed by atoms with E-state index >= 15 is 0 Å². The van der Waals surface area contributed by atoms with Gasteiger partial charge in [-0.15, -0.1) is 0 Å².